The first-order valence-corrected chi connectivity index (χ1v) is 8.86. The third-order valence-electron chi connectivity index (χ3n) is 4.02. The van der Waals surface area contributed by atoms with Gasteiger partial charge in [0.15, 0.2) is 5.76 Å². The molecule has 0 fully saturated rings. The molecule has 3 aromatic heterocycles. The molecule has 0 aliphatic rings. The summed E-state index contributed by atoms with van der Waals surface area (Å²) in [4.78, 5) is 12.5. The topological polar surface area (TPSA) is 77.5 Å². The zero-order valence-electron chi connectivity index (χ0n) is 13.6. The van der Waals surface area contributed by atoms with Gasteiger partial charge in [-0.15, -0.1) is 11.3 Å². The molecule has 0 atom stereocenters. The van der Waals surface area contributed by atoms with Crippen molar-refractivity contribution < 1.29 is 19.2 Å². The number of hydrogen-bond donors (Lipinski definition) is 1. The fourth-order valence-corrected chi connectivity index (χ4v) is 3.83. The van der Waals surface area contributed by atoms with Crippen LogP contribution in [-0.2, 0) is 6.54 Å². The molecular weight excluding hydrogens is 376 g/mol. The molecule has 0 saturated heterocycles. The largest absolute Gasteiger partial charge is 0.497 e. The van der Waals surface area contributed by atoms with Gasteiger partial charge in [-0.25, -0.2) is 4.79 Å². The van der Waals surface area contributed by atoms with E-state index < -0.39 is 5.97 Å². The molecule has 4 aromatic rings. The minimum atomic E-state index is -1.01. The molecule has 0 saturated carbocycles. The third kappa shape index (κ3) is 2.95. The maximum Gasteiger partial charge on any atom is 0.352 e. The Morgan fingerprint density at radius 2 is 2.15 bits per heavy atom. The zero-order chi connectivity index (χ0) is 18.3. The molecule has 6 nitrogen and oxygen atoms in total. The Kier molecular flexibility index (Phi) is 4.18. The average molecular weight is 389 g/mol. The van der Waals surface area contributed by atoms with Crippen LogP contribution < -0.4 is 4.74 Å². The smallest absolute Gasteiger partial charge is 0.352 e. The SMILES string of the molecule is COc1ccc2c(c1)cc(C(=O)O)n2Cc1cc(-c2ccc(Cl)s2)on1. The normalized spacial score (nSPS) is 11.2. The van der Waals surface area contributed by atoms with Crippen LogP contribution in [0.15, 0.2) is 47.0 Å². The van der Waals surface area contributed by atoms with Gasteiger partial charge in [-0.3, -0.25) is 0 Å². The number of carboxylic acid groups (broad SMARTS) is 1. The molecule has 0 spiro atoms. The molecule has 0 bridgehead atoms. The second-order valence-corrected chi connectivity index (χ2v) is 7.35. The maximum absolute atomic E-state index is 11.7. The van der Waals surface area contributed by atoms with E-state index in [1.54, 1.807) is 42.0 Å². The molecule has 0 unspecified atom stereocenters. The highest BCUT2D eigenvalue weighted by Crippen LogP contribution is 2.32. The van der Waals surface area contributed by atoms with Crippen molar-refractivity contribution in [1.82, 2.24) is 9.72 Å². The molecule has 0 amide bonds. The van der Waals surface area contributed by atoms with Crippen LogP contribution in [0.4, 0.5) is 0 Å². The van der Waals surface area contributed by atoms with Crippen LogP contribution in [0.5, 0.6) is 5.75 Å². The monoisotopic (exact) mass is 388 g/mol. The minimum absolute atomic E-state index is 0.178. The lowest BCUT2D eigenvalue weighted by Gasteiger charge is -2.06. The van der Waals surface area contributed by atoms with Crippen molar-refractivity contribution in [2.24, 2.45) is 0 Å². The van der Waals surface area contributed by atoms with E-state index in [9.17, 15) is 9.90 Å². The first-order chi connectivity index (χ1) is 12.5. The molecule has 4 rings (SSSR count). The highest BCUT2D eigenvalue weighted by Gasteiger charge is 2.17. The third-order valence-corrected chi connectivity index (χ3v) is 5.27. The van der Waals surface area contributed by atoms with Crippen molar-refractivity contribution in [1.29, 1.82) is 0 Å². The van der Waals surface area contributed by atoms with Crippen molar-refractivity contribution in [3.8, 4) is 16.4 Å². The van der Waals surface area contributed by atoms with E-state index in [2.05, 4.69) is 5.16 Å². The summed E-state index contributed by atoms with van der Waals surface area (Å²) < 4.78 is 13.0. The Balaban J connectivity index is 1.73. The quantitative estimate of drug-likeness (QED) is 0.533. The number of aromatic nitrogens is 2. The van der Waals surface area contributed by atoms with Crippen LogP contribution >= 0.6 is 22.9 Å². The molecular formula is C18H13ClN2O4S. The standard InChI is InChI=1S/C18H13ClN2O4S/c1-24-12-2-3-13-10(6-12)7-14(18(22)23)21(13)9-11-8-15(25-20-11)16-4-5-17(19)26-16/h2-8H,9H2,1H3,(H,22,23). The number of rotatable bonds is 5. The van der Waals surface area contributed by atoms with Crippen LogP contribution in [0.25, 0.3) is 21.5 Å². The highest BCUT2D eigenvalue weighted by atomic mass is 35.5. The van der Waals surface area contributed by atoms with Gasteiger partial charge in [0.05, 0.1) is 22.9 Å². The Bertz CT molecular complexity index is 1110. The molecule has 8 heteroatoms. The van der Waals surface area contributed by atoms with Crippen molar-refractivity contribution in [3.05, 3.63) is 58.2 Å². The van der Waals surface area contributed by atoms with Gasteiger partial charge in [0, 0.05) is 17.0 Å². The summed E-state index contributed by atoms with van der Waals surface area (Å²) in [6, 6.07) is 12.5. The lowest BCUT2D eigenvalue weighted by atomic mass is 10.2. The molecule has 3 heterocycles. The van der Waals surface area contributed by atoms with Crippen molar-refractivity contribution >= 4 is 39.8 Å². The molecule has 132 valence electrons. The van der Waals surface area contributed by atoms with Crippen molar-refractivity contribution in [3.63, 3.8) is 0 Å². The first-order valence-electron chi connectivity index (χ1n) is 7.67. The van der Waals surface area contributed by atoms with E-state index in [-0.39, 0.29) is 12.2 Å². The number of aromatic carboxylic acids is 1. The van der Waals surface area contributed by atoms with Gasteiger partial charge in [0.2, 0.25) is 0 Å². The molecule has 1 aromatic carbocycles. The Morgan fingerprint density at radius 1 is 1.31 bits per heavy atom. The van der Waals surface area contributed by atoms with Gasteiger partial charge in [0.1, 0.15) is 17.1 Å². The number of benzene rings is 1. The number of halogens is 1. The molecule has 1 N–H and O–H groups in total. The number of thiophene rings is 1. The summed E-state index contributed by atoms with van der Waals surface area (Å²) in [5.74, 6) is 0.269. The van der Waals surface area contributed by atoms with Gasteiger partial charge in [-0.1, -0.05) is 16.8 Å². The number of hydrogen-bond acceptors (Lipinski definition) is 5. The number of carboxylic acids is 1. The Hall–Kier alpha value is -2.77. The van der Waals surface area contributed by atoms with Crippen LogP contribution in [0.1, 0.15) is 16.2 Å². The number of fused-ring (bicyclic) bond motifs is 1. The summed E-state index contributed by atoms with van der Waals surface area (Å²) in [7, 11) is 1.57. The van der Waals surface area contributed by atoms with E-state index in [1.807, 2.05) is 12.1 Å². The number of carbonyl (C=O) groups is 1. The number of nitrogens with zero attached hydrogens (tertiary/aromatic N) is 2. The van der Waals surface area contributed by atoms with Gasteiger partial charge >= 0.3 is 5.97 Å². The second-order valence-electron chi connectivity index (χ2n) is 5.63. The predicted octanol–water partition coefficient (Wildman–Crippen LogP) is 4.77. The van der Waals surface area contributed by atoms with E-state index in [4.69, 9.17) is 20.9 Å². The number of methoxy groups -OCH3 is 1. The zero-order valence-corrected chi connectivity index (χ0v) is 15.2. The van der Waals surface area contributed by atoms with Gasteiger partial charge in [-0.05, 0) is 36.4 Å². The summed E-state index contributed by atoms with van der Waals surface area (Å²) in [6.45, 7) is 0.278. The molecule has 26 heavy (non-hydrogen) atoms. The van der Waals surface area contributed by atoms with E-state index in [1.165, 1.54) is 11.3 Å². The van der Waals surface area contributed by atoms with Crippen LogP contribution in [0.2, 0.25) is 4.34 Å². The van der Waals surface area contributed by atoms with E-state index in [0.717, 1.165) is 15.8 Å². The second kappa shape index (κ2) is 6.51. The van der Waals surface area contributed by atoms with E-state index in [0.29, 0.717) is 21.5 Å². The van der Waals surface area contributed by atoms with Crippen LogP contribution in [-0.4, -0.2) is 27.9 Å². The predicted molar refractivity (Wildman–Crippen MR) is 99.4 cm³/mol. The summed E-state index contributed by atoms with van der Waals surface area (Å²) in [5.41, 5.74) is 1.59. The van der Waals surface area contributed by atoms with Gasteiger partial charge in [-0.2, -0.15) is 0 Å². The van der Waals surface area contributed by atoms with Crippen LogP contribution in [0.3, 0.4) is 0 Å². The minimum Gasteiger partial charge on any atom is -0.497 e. The lowest BCUT2D eigenvalue weighted by molar-refractivity contribution is 0.0686. The molecule has 0 aliphatic heterocycles. The molecule has 0 aliphatic carbocycles. The summed E-state index contributed by atoms with van der Waals surface area (Å²) in [6.07, 6.45) is 0. The lowest BCUT2D eigenvalue weighted by Crippen LogP contribution is -2.09. The Morgan fingerprint density at radius 3 is 2.85 bits per heavy atom. The van der Waals surface area contributed by atoms with Gasteiger partial charge in [0.25, 0.3) is 0 Å². The van der Waals surface area contributed by atoms with Gasteiger partial charge < -0.3 is 18.9 Å². The fourth-order valence-electron chi connectivity index (χ4n) is 2.83. The summed E-state index contributed by atoms with van der Waals surface area (Å²) >= 11 is 7.35. The average Bonchev–Trinajstić information content (AvgIpc) is 3.33. The van der Waals surface area contributed by atoms with Crippen molar-refractivity contribution in [2.75, 3.05) is 7.11 Å². The number of ether oxygens (including phenoxy) is 1. The van der Waals surface area contributed by atoms with E-state index >= 15 is 0 Å². The molecule has 0 radical (unpaired) electrons. The Labute approximate surface area is 157 Å². The van der Waals surface area contributed by atoms with Crippen LogP contribution in [0, 0.1) is 0 Å². The summed E-state index contributed by atoms with van der Waals surface area (Å²) in [5, 5.41) is 14.4. The first kappa shape index (κ1) is 16.7. The highest BCUT2D eigenvalue weighted by molar-refractivity contribution is 7.19. The van der Waals surface area contributed by atoms with Crippen molar-refractivity contribution in [2.45, 2.75) is 6.54 Å². The maximum atomic E-state index is 11.7. The fraction of sp³-hybridized carbons (Fsp3) is 0.111.